The highest BCUT2D eigenvalue weighted by Gasteiger charge is 2.37. The largest absolute Gasteiger partial charge is 0.330 e. The standard InChI is InChI=1S/C19H20ClN3O/c1-12-15-6-8-19(2,3)16(15)7-9-22(12)18(24)17-10-14-5-4-13(20)11-23(14)21-17/h4-6,8,10-12H,7,9H2,1-3H3. The average molecular weight is 342 g/mol. The number of rotatable bonds is 1. The molecular weight excluding hydrogens is 322 g/mol. The molecule has 2 aromatic rings. The lowest BCUT2D eigenvalue weighted by Crippen LogP contribution is -2.44. The van der Waals surface area contributed by atoms with Gasteiger partial charge in [-0.05, 0) is 37.1 Å². The van der Waals surface area contributed by atoms with Gasteiger partial charge in [0.15, 0.2) is 5.69 Å². The Balaban J connectivity index is 1.66. The predicted octanol–water partition coefficient (Wildman–Crippen LogP) is 4.11. The second-order valence-corrected chi connectivity index (χ2v) is 7.60. The smallest absolute Gasteiger partial charge is 0.274 e. The van der Waals surface area contributed by atoms with E-state index in [9.17, 15) is 4.79 Å². The van der Waals surface area contributed by atoms with Crippen LogP contribution in [0.3, 0.4) is 0 Å². The van der Waals surface area contributed by atoms with Gasteiger partial charge in [-0.25, -0.2) is 4.52 Å². The number of pyridine rings is 1. The Morgan fingerprint density at radius 1 is 1.38 bits per heavy atom. The number of hydrogen-bond donors (Lipinski definition) is 0. The molecule has 0 N–H and O–H groups in total. The van der Waals surface area contributed by atoms with Crippen molar-refractivity contribution in [3.8, 4) is 0 Å². The number of aromatic nitrogens is 2. The van der Waals surface area contributed by atoms with Gasteiger partial charge in [0.2, 0.25) is 0 Å². The molecule has 2 aliphatic rings. The van der Waals surface area contributed by atoms with Crippen LogP contribution in [-0.2, 0) is 0 Å². The molecule has 2 aromatic heterocycles. The van der Waals surface area contributed by atoms with Gasteiger partial charge in [0.25, 0.3) is 5.91 Å². The normalized spacial score (nSPS) is 22.3. The number of allylic oxidation sites excluding steroid dienone is 1. The number of amides is 1. The van der Waals surface area contributed by atoms with Crippen LogP contribution in [0.15, 0.2) is 47.7 Å². The van der Waals surface area contributed by atoms with Gasteiger partial charge >= 0.3 is 0 Å². The lowest BCUT2D eigenvalue weighted by Gasteiger charge is -2.37. The molecule has 0 aromatic carbocycles. The minimum atomic E-state index is -0.0213. The molecule has 0 spiro atoms. The quantitative estimate of drug-likeness (QED) is 0.782. The number of halogens is 1. The molecule has 124 valence electrons. The number of carbonyl (C=O) groups is 1. The molecule has 1 amide bonds. The molecule has 0 radical (unpaired) electrons. The topological polar surface area (TPSA) is 37.6 Å². The first-order valence-corrected chi connectivity index (χ1v) is 8.63. The first kappa shape index (κ1) is 15.5. The summed E-state index contributed by atoms with van der Waals surface area (Å²) in [4.78, 5) is 14.9. The van der Waals surface area contributed by atoms with E-state index < -0.39 is 0 Å². The molecule has 3 heterocycles. The van der Waals surface area contributed by atoms with Crippen molar-refractivity contribution in [3.05, 3.63) is 58.4 Å². The minimum Gasteiger partial charge on any atom is -0.330 e. The molecule has 1 unspecified atom stereocenters. The highest BCUT2D eigenvalue weighted by molar-refractivity contribution is 6.30. The fourth-order valence-electron chi connectivity index (χ4n) is 3.81. The SMILES string of the molecule is CC1C2=C(CCN1C(=O)c1cc3ccc(Cl)cn3n1)C(C)(C)C=C2. The van der Waals surface area contributed by atoms with Crippen molar-refractivity contribution in [3.63, 3.8) is 0 Å². The second kappa shape index (κ2) is 5.21. The summed E-state index contributed by atoms with van der Waals surface area (Å²) in [6.07, 6.45) is 7.07. The van der Waals surface area contributed by atoms with Gasteiger partial charge in [-0.2, -0.15) is 5.10 Å². The molecular formula is C19H20ClN3O. The van der Waals surface area contributed by atoms with Gasteiger partial charge in [-0.3, -0.25) is 4.79 Å². The van der Waals surface area contributed by atoms with E-state index in [1.807, 2.05) is 17.0 Å². The lowest BCUT2D eigenvalue weighted by molar-refractivity contribution is 0.0699. The first-order valence-electron chi connectivity index (χ1n) is 8.25. The van der Waals surface area contributed by atoms with Crippen molar-refractivity contribution in [1.29, 1.82) is 0 Å². The number of fused-ring (bicyclic) bond motifs is 1. The van der Waals surface area contributed by atoms with Crippen LogP contribution in [-0.4, -0.2) is 33.0 Å². The van der Waals surface area contributed by atoms with Crippen LogP contribution < -0.4 is 0 Å². The molecule has 0 saturated carbocycles. The highest BCUT2D eigenvalue weighted by Crippen LogP contribution is 2.43. The molecule has 4 rings (SSSR count). The lowest BCUT2D eigenvalue weighted by atomic mass is 9.81. The van der Waals surface area contributed by atoms with Gasteiger partial charge in [-0.1, -0.05) is 43.2 Å². The molecule has 1 atom stereocenters. The Morgan fingerprint density at radius 3 is 2.96 bits per heavy atom. The maximum Gasteiger partial charge on any atom is 0.274 e. The van der Waals surface area contributed by atoms with Crippen LogP contribution in [0.25, 0.3) is 5.52 Å². The fraction of sp³-hybridized carbons (Fsp3) is 0.368. The van der Waals surface area contributed by atoms with Crippen LogP contribution in [0, 0.1) is 5.41 Å². The Kier molecular flexibility index (Phi) is 3.36. The molecule has 1 aliphatic heterocycles. The first-order chi connectivity index (χ1) is 11.4. The molecule has 0 bridgehead atoms. The molecule has 4 nitrogen and oxygen atoms in total. The zero-order chi connectivity index (χ0) is 17.1. The van der Waals surface area contributed by atoms with Crippen LogP contribution >= 0.6 is 11.6 Å². The van der Waals surface area contributed by atoms with Gasteiger partial charge in [0.1, 0.15) is 0 Å². The third-order valence-corrected chi connectivity index (χ3v) is 5.45. The van der Waals surface area contributed by atoms with Gasteiger partial charge in [-0.15, -0.1) is 0 Å². The summed E-state index contributed by atoms with van der Waals surface area (Å²) >= 11 is 6.00. The average Bonchev–Trinajstić information content (AvgIpc) is 3.08. The van der Waals surface area contributed by atoms with E-state index in [1.165, 1.54) is 11.1 Å². The van der Waals surface area contributed by atoms with Crippen molar-refractivity contribution < 1.29 is 4.79 Å². The van der Waals surface area contributed by atoms with Crippen molar-refractivity contribution in [2.24, 2.45) is 5.41 Å². The zero-order valence-electron chi connectivity index (χ0n) is 14.1. The zero-order valence-corrected chi connectivity index (χ0v) is 14.8. The second-order valence-electron chi connectivity index (χ2n) is 7.16. The summed E-state index contributed by atoms with van der Waals surface area (Å²) in [5.41, 5.74) is 4.19. The third-order valence-electron chi connectivity index (χ3n) is 5.23. The van der Waals surface area contributed by atoms with E-state index in [-0.39, 0.29) is 17.4 Å². The van der Waals surface area contributed by atoms with Crippen LogP contribution in [0.4, 0.5) is 0 Å². The van der Waals surface area contributed by atoms with E-state index in [1.54, 1.807) is 16.8 Å². The summed E-state index contributed by atoms with van der Waals surface area (Å²) in [6.45, 7) is 7.31. The Hall–Kier alpha value is -2.07. The van der Waals surface area contributed by atoms with Crippen molar-refractivity contribution in [2.45, 2.75) is 33.2 Å². The Labute approximate surface area is 146 Å². The summed E-state index contributed by atoms with van der Waals surface area (Å²) in [5.74, 6) is -0.0213. The minimum absolute atomic E-state index is 0.0213. The summed E-state index contributed by atoms with van der Waals surface area (Å²) in [6, 6.07) is 5.57. The Morgan fingerprint density at radius 2 is 2.17 bits per heavy atom. The maximum absolute atomic E-state index is 13.0. The van der Waals surface area contributed by atoms with Crippen molar-refractivity contribution >= 4 is 23.0 Å². The summed E-state index contributed by atoms with van der Waals surface area (Å²) < 4.78 is 1.66. The molecule has 0 saturated heterocycles. The van der Waals surface area contributed by atoms with E-state index >= 15 is 0 Å². The van der Waals surface area contributed by atoms with E-state index in [4.69, 9.17) is 11.6 Å². The monoisotopic (exact) mass is 341 g/mol. The number of carbonyl (C=O) groups excluding carboxylic acids is 1. The molecule has 0 fully saturated rings. The molecule has 24 heavy (non-hydrogen) atoms. The van der Waals surface area contributed by atoms with Crippen molar-refractivity contribution in [1.82, 2.24) is 14.5 Å². The third kappa shape index (κ3) is 2.28. The van der Waals surface area contributed by atoms with Gasteiger partial charge < -0.3 is 4.90 Å². The fourth-order valence-corrected chi connectivity index (χ4v) is 3.97. The van der Waals surface area contributed by atoms with E-state index in [0.29, 0.717) is 10.7 Å². The predicted molar refractivity (Wildman–Crippen MR) is 95.3 cm³/mol. The van der Waals surface area contributed by atoms with Crippen LogP contribution in [0.1, 0.15) is 37.7 Å². The summed E-state index contributed by atoms with van der Waals surface area (Å²) in [7, 11) is 0. The number of nitrogens with zero attached hydrogens (tertiary/aromatic N) is 3. The highest BCUT2D eigenvalue weighted by atomic mass is 35.5. The van der Waals surface area contributed by atoms with Crippen molar-refractivity contribution in [2.75, 3.05) is 6.54 Å². The van der Waals surface area contributed by atoms with Crippen LogP contribution in [0.2, 0.25) is 5.02 Å². The maximum atomic E-state index is 13.0. The number of hydrogen-bond acceptors (Lipinski definition) is 2. The van der Waals surface area contributed by atoms with E-state index in [2.05, 4.69) is 38.0 Å². The Bertz CT molecular complexity index is 906. The summed E-state index contributed by atoms with van der Waals surface area (Å²) in [5, 5.41) is 5.01. The van der Waals surface area contributed by atoms with E-state index in [0.717, 1.165) is 18.5 Å². The molecule has 1 aliphatic carbocycles. The molecule has 5 heteroatoms. The van der Waals surface area contributed by atoms with Gasteiger partial charge in [0, 0.05) is 18.2 Å². The van der Waals surface area contributed by atoms with Gasteiger partial charge in [0.05, 0.1) is 16.6 Å². The van der Waals surface area contributed by atoms with Crippen LogP contribution in [0.5, 0.6) is 0 Å².